The number of anilines is 1. The number of ether oxygens (including phenoxy) is 1. The maximum atomic E-state index is 11.7. The lowest BCUT2D eigenvalue weighted by molar-refractivity contribution is 0.0697. The number of hydrogen-bond donors (Lipinski definition) is 1. The molecule has 1 atom stereocenters. The fourth-order valence-corrected chi connectivity index (χ4v) is 4.63. The van der Waals surface area contributed by atoms with Crippen molar-refractivity contribution in [2.24, 2.45) is 0 Å². The molecule has 0 radical (unpaired) electrons. The van der Waals surface area contributed by atoms with Gasteiger partial charge in [-0.3, -0.25) is 4.90 Å². The molecule has 4 rings (SSSR count). The van der Waals surface area contributed by atoms with Gasteiger partial charge >= 0.3 is 5.97 Å². The van der Waals surface area contributed by atoms with Gasteiger partial charge in [-0.2, -0.15) is 0 Å². The maximum Gasteiger partial charge on any atom is 0.335 e. The van der Waals surface area contributed by atoms with E-state index < -0.39 is 5.97 Å². The monoisotopic (exact) mass is 440 g/mol. The number of likely N-dealkylation sites (tertiary alicyclic amines) is 1. The van der Waals surface area contributed by atoms with Gasteiger partial charge in [0, 0.05) is 37.2 Å². The average molecular weight is 441 g/mol. The summed E-state index contributed by atoms with van der Waals surface area (Å²) in [5, 5.41) is 10.3. The summed E-state index contributed by atoms with van der Waals surface area (Å²) in [4.78, 5) is 16.4. The van der Waals surface area contributed by atoms with Crippen LogP contribution in [0, 0.1) is 0 Å². The fraction of sp³-hybridized carbons (Fsp3) is 0.400. The molecule has 2 heterocycles. The lowest BCUT2D eigenvalue weighted by Gasteiger charge is -2.43. The number of benzene rings is 2. The van der Waals surface area contributed by atoms with Crippen LogP contribution in [0.3, 0.4) is 0 Å². The Hall–Kier alpha value is -2.50. The molecule has 5 nitrogen and oxygen atoms in total. The Kier molecular flexibility index (Phi) is 6.83. The average Bonchev–Trinajstić information content (AvgIpc) is 2.78. The van der Waals surface area contributed by atoms with Gasteiger partial charge in [-0.1, -0.05) is 23.7 Å². The first-order valence-corrected chi connectivity index (χ1v) is 11.3. The van der Waals surface area contributed by atoms with Crippen LogP contribution in [0.1, 0.15) is 40.7 Å². The molecule has 0 saturated carbocycles. The van der Waals surface area contributed by atoms with Crippen LogP contribution in [-0.4, -0.2) is 48.2 Å². The Balaban J connectivity index is 1.65. The van der Waals surface area contributed by atoms with Gasteiger partial charge in [0.05, 0.1) is 11.3 Å². The van der Waals surface area contributed by atoms with Crippen molar-refractivity contribution < 1.29 is 14.6 Å². The molecule has 164 valence electrons. The van der Waals surface area contributed by atoms with Crippen LogP contribution in [0.25, 0.3) is 0 Å². The molecule has 2 aromatic carbocycles. The standard InChI is InChI=1S/C25H29ClN2O3/c1-2-11-27-13-10-22(27)16-28-12-4-3-5-18-14-21(26)8-6-20(18)17-31-24-9-7-19(25(29)30)15-23(24)28/h2,6-9,14-15,22H,1,3-5,10-13,16-17H2,(H,29,30)/t22-/m0/s1. The molecule has 0 aliphatic carbocycles. The molecule has 2 aliphatic rings. The third-order valence-corrected chi connectivity index (χ3v) is 6.52. The van der Waals surface area contributed by atoms with E-state index in [1.807, 2.05) is 24.3 Å². The lowest BCUT2D eigenvalue weighted by atomic mass is 10.0. The highest BCUT2D eigenvalue weighted by Crippen LogP contribution is 2.34. The van der Waals surface area contributed by atoms with Crippen molar-refractivity contribution in [1.29, 1.82) is 0 Å². The first kappa shape index (κ1) is 21.7. The Morgan fingerprint density at radius 1 is 1.19 bits per heavy atom. The molecule has 1 N–H and O–H groups in total. The number of nitrogens with zero attached hydrogens (tertiary/aromatic N) is 2. The number of rotatable bonds is 5. The zero-order valence-corrected chi connectivity index (χ0v) is 18.5. The second-order valence-corrected chi connectivity index (χ2v) is 8.76. The van der Waals surface area contributed by atoms with Gasteiger partial charge in [-0.05, 0) is 67.1 Å². The van der Waals surface area contributed by atoms with Crippen LogP contribution >= 0.6 is 11.6 Å². The van der Waals surface area contributed by atoms with E-state index in [9.17, 15) is 9.90 Å². The number of carbonyl (C=O) groups is 1. The zero-order chi connectivity index (χ0) is 21.8. The van der Waals surface area contributed by atoms with E-state index in [0.29, 0.717) is 12.6 Å². The summed E-state index contributed by atoms with van der Waals surface area (Å²) < 4.78 is 6.25. The van der Waals surface area contributed by atoms with Crippen LogP contribution < -0.4 is 9.64 Å². The smallest absolute Gasteiger partial charge is 0.335 e. The highest BCUT2D eigenvalue weighted by atomic mass is 35.5. The molecule has 1 saturated heterocycles. The molecule has 31 heavy (non-hydrogen) atoms. The van der Waals surface area contributed by atoms with Crippen LogP contribution in [0.4, 0.5) is 5.69 Å². The predicted molar refractivity (Wildman–Crippen MR) is 125 cm³/mol. The lowest BCUT2D eigenvalue weighted by Crippen LogP contribution is -2.53. The molecule has 2 aliphatic heterocycles. The molecule has 0 bridgehead atoms. The Morgan fingerprint density at radius 3 is 2.81 bits per heavy atom. The summed E-state index contributed by atoms with van der Waals surface area (Å²) in [5.41, 5.74) is 3.50. The summed E-state index contributed by atoms with van der Waals surface area (Å²) >= 11 is 6.23. The van der Waals surface area contributed by atoms with Crippen LogP contribution in [0.5, 0.6) is 5.75 Å². The highest BCUT2D eigenvalue weighted by molar-refractivity contribution is 6.30. The minimum absolute atomic E-state index is 0.283. The van der Waals surface area contributed by atoms with E-state index in [1.54, 1.807) is 18.2 Å². The summed E-state index contributed by atoms with van der Waals surface area (Å²) in [6.07, 6.45) is 6.09. The first-order valence-electron chi connectivity index (χ1n) is 10.9. The van der Waals surface area contributed by atoms with Crippen molar-refractivity contribution >= 4 is 23.3 Å². The van der Waals surface area contributed by atoms with Crippen molar-refractivity contribution in [1.82, 2.24) is 4.90 Å². The molecular formula is C25H29ClN2O3. The zero-order valence-electron chi connectivity index (χ0n) is 17.7. The fourth-order valence-electron chi connectivity index (χ4n) is 4.43. The molecule has 0 aromatic heterocycles. The van der Waals surface area contributed by atoms with Crippen molar-refractivity contribution in [2.45, 2.75) is 38.3 Å². The van der Waals surface area contributed by atoms with Gasteiger partial charge in [-0.15, -0.1) is 6.58 Å². The Labute approximate surface area is 188 Å². The number of carboxylic acids is 1. The van der Waals surface area contributed by atoms with E-state index in [4.69, 9.17) is 16.3 Å². The maximum absolute atomic E-state index is 11.7. The SMILES string of the molecule is C=CCN1CC[C@H]1CN1CCCCc2cc(Cl)ccc2COc2ccc(C(=O)O)cc21. The van der Waals surface area contributed by atoms with Gasteiger partial charge in [0.25, 0.3) is 0 Å². The largest absolute Gasteiger partial charge is 0.487 e. The van der Waals surface area contributed by atoms with Crippen LogP contribution in [0.15, 0.2) is 49.1 Å². The van der Waals surface area contributed by atoms with Crippen molar-refractivity contribution in [2.75, 3.05) is 31.1 Å². The second kappa shape index (κ2) is 9.75. The molecule has 6 heteroatoms. The molecule has 0 unspecified atom stereocenters. The Morgan fingerprint density at radius 2 is 2.06 bits per heavy atom. The Bertz CT molecular complexity index is 962. The predicted octanol–water partition coefficient (Wildman–Crippen LogP) is 5.02. The minimum Gasteiger partial charge on any atom is -0.487 e. The van der Waals surface area contributed by atoms with E-state index in [2.05, 4.69) is 16.4 Å². The molecule has 2 aromatic rings. The van der Waals surface area contributed by atoms with Crippen molar-refractivity contribution in [3.05, 3.63) is 70.8 Å². The van der Waals surface area contributed by atoms with Crippen molar-refractivity contribution in [3.63, 3.8) is 0 Å². The molecular weight excluding hydrogens is 412 g/mol. The third kappa shape index (κ3) is 5.05. The number of aryl methyl sites for hydroxylation is 1. The topological polar surface area (TPSA) is 53.0 Å². The van der Waals surface area contributed by atoms with Gasteiger partial charge in [0.15, 0.2) is 0 Å². The number of aromatic carboxylic acids is 1. The summed E-state index contributed by atoms with van der Waals surface area (Å²) in [6.45, 7) is 7.98. The summed E-state index contributed by atoms with van der Waals surface area (Å²) in [6, 6.07) is 11.6. The molecule has 1 fully saturated rings. The first-order chi connectivity index (χ1) is 15.0. The third-order valence-electron chi connectivity index (χ3n) is 6.28. The van der Waals surface area contributed by atoms with Crippen molar-refractivity contribution in [3.8, 4) is 5.75 Å². The quantitative estimate of drug-likeness (QED) is 0.661. The summed E-state index contributed by atoms with van der Waals surface area (Å²) in [7, 11) is 0. The molecule has 0 amide bonds. The number of hydrogen-bond acceptors (Lipinski definition) is 4. The van der Waals surface area contributed by atoms with E-state index in [0.717, 1.165) is 73.9 Å². The van der Waals surface area contributed by atoms with E-state index in [-0.39, 0.29) is 5.56 Å². The normalized spacial score (nSPS) is 19.3. The van der Waals surface area contributed by atoms with Crippen LogP contribution in [0.2, 0.25) is 5.02 Å². The second-order valence-electron chi connectivity index (χ2n) is 8.32. The molecule has 0 spiro atoms. The highest BCUT2D eigenvalue weighted by Gasteiger charge is 2.30. The van der Waals surface area contributed by atoms with Gasteiger partial charge < -0.3 is 14.7 Å². The number of fused-ring (bicyclic) bond motifs is 2. The van der Waals surface area contributed by atoms with Crippen LogP contribution in [-0.2, 0) is 13.0 Å². The number of halogens is 1. The van der Waals surface area contributed by atoms with E-state index >= 15 is 0 Å². The number of carboxylic acid groups (broad SMARTS) is 1. The van der Waals surface area contributed by atoms with E-state index in [1.165, 1.54) is 5.56 Å². The van der Waals surface area contributed by atoms with Gasteiger partial charge in [0.1, 0.15) is 12.4 Å². The minimum atomic E-state index is -0.922. The summed E-state index contributed by atoms with van der Waals surface area (Å²) in [5.74, 6) is -0.198. The van der Waals surface area contributed by atoms with Gasteiger partial charge in [0.2, 0.25) is 0 Å². The van der Waals surface area contributed by atoms with Gasteiger partial charge in [-0.25, -0.2) is 4.79 Å².